The highest BCUT2D eigenvalue weighted by molar-refractivity contribution is 5.83. The van der Waals surface area contributed by atoms with E-state index in [2.05, 4.69) is 0 Å². The van der Waals surface area contributed by atoms with Crippen LogP contribution in [0.25, 0.3) is 11.0 Å². The summed E-state index contributed by atoms with van der Waals surface area (Å²) in [5, 5.41) is 1.04. The second-order valence-electron chi connectivity index (χ2n) is 5.23. The maximum absolute atomic E-state index is 12.0. The zero-order valence-corrected chi connectivity index (χ0v) is 10.0. The predicted molar refractivity (Wildman–Crippen MR) is 68.1 cm³/mol. The van der Waals surface area contributed by atoms with Crippen molar-refractivity contribution in [2.24, 2.45) is 0 Å². The summed E-state index contributed by atoms with van der Waals surface area (Å²) in [6.45, 7) is 0. The van der Waals surface area contributed by atoms with Crippen LogP contribution in [0.15, 0.2) is 33.5 Å². The number of rotatable bonds is 0. The number of hydrogen-bond donors (Lipinski definition) is 0. The van der Waals surface area contributed by atoms with Crippen molar-refractivity contribution in [1.29, 1.82) is 0 Å². The minimum atomic E-state index is -0.319. The van der Waals surface area contributed by atoms with Gasteiger partial charge in [0.1, 0.15) is 5.58 Å². The van der Waals surface area contributed by atoms with Crippen LogP contribution in [0.5, 0.6) is 5.75 Å². The highest BCUT2D eigenvalue weighted by atomic mass is 16.5. The highest BCUT2D eigenvalue weighted by Gasteiger charge is 2.35. The van der Waals surface area contributed by atoms with Crippen LogP contribution in [0.3, 0.4) is 0 Å². The van der Waals surface area contributed by atoms with Gasteiger partial charge in [-0.1, -0.05) is 18.2 Å². The first kappa shape index (κ1) is 10.2. The van der Waals surface area contributed by atoms with Crippen LogP contribution in [-0.2, 0) is 0 Å². The summed E-state index contributed by atoms with van der Waals surface area (Å²) in [5.74, 6) is 0.927. The van der Waals surface area contributed by atoms with E-state index < -0.39 is 0 Å². The van der Waals surface area contributed by atoms with Crippen LogP contribution >= 0.6 is 0 Å². The van der Waals surface area contributed by atoms with Gasteiger partial charge in [-0.2, -0.15) is 0 Å². The van der Waals surface area contributed by atoms with Gasteiger partial charge >= 0.3 is 5.63 Å². The number of ether oxygens (including phenoxy) is 1. The minimum Gasteiger partial charge on any atom is -0.483 e. The van der Waals surface area contributed by atoms with Crippen molar-refractivity contribution in [1.82, 2.24) is 0 Å². The first-order chi connectivity index (χ1) is 8.83. The van der Waals surface area contributed by atoms with E-state index >= 15 is 0 Å². The normalized spacial score (nSPS) is 25.6. The van der Waals surface area contributed by atoms with Crippen molar-refractivity contribution in [2.45, 2.75) is 37.7 Å². The molecular formula is C15H14O3. The summed E-state index contributed by atoms with van der Waals surface area (Å²) in [5.41, 5.74) is 1.44. The van der Waals surface area contributed by atoms with Crippen molar-refractivity contribution in [3.05, 3.63) is 40.2 Å². The van der Waals surface area contributed by atoms with Gasteiger partial charge < -0.3 is 9.15 Å². The van der Waals surface area contributed by atoms with Crippen molar-refractivity contribution in [3.8, 4) is 5.75 Å². The summed E-state index contributed by atoms with van der Waals surface area (Å²) >= 11 is 0. The van der Waals surface area contributed by atoms with Gasteiger partial charge in [0.2, 0.25) is 5.75 Å². The molecule has 2 aromatic rings. The van der Waals surface area contributed by atoms with E-state index in [0.29, 0.717) is 17.3 Å². The van der Waals surface area contributed by atoms with E-state index in [1.54, 1.807) is 0 Å². The van der Waals surface area contributed by atoms with E-state index in [1.807, 2.05) is 24.3 Å². The lowest BCUT2D eigenvalue weighted by Crippen LogP contribution is -2.32. The first-order valence-electron chi connectivity index (χ1n) is 6.55. The molecule has 1 aliphatic heterocycles. The van der Waals surface area contributed by atoms with E-state index in [-0.39, 0.29) is 11.7 Å². The summed E-state index contributed by atoms with van der Waals surface area (Å²) in [6, 6.07) is 7.75. The fourth-order valence-electron chi connectivity index (χ4n) is 3.35. The predicted octanol–water partition coefficient (Wildman–Crippen LogP) is 3.21. The van der Waals surface area contributed by atoms with Crippen molar-refractivity contribution in [3.63, 3.8) is 0 Å². The smallest absolute Gasteiger partial charge is 0.379 e. The molecule has 4 rings (SSSR count). The maximum Gasteiger partial charge on any atom is 0.379 e. The van der Waals surface area contributed by atoms with Crippen LogP contribution in [0, 0.1) is 0 Å². The number of para-hydroxylation sites is 1. The molecule has 2 atom stereocenters. The fourth-order valence-corrected chi connectivity index (χ4v) is 3.35. The lowest BCUT2D eigenvalue weighted by molar-refractivity contribution is 0.114. The molecule has 2 bridgehead atoms. The lowest BCUT2D eigenvalue weighted by atomic mass is 9.79. The van der Waals surface area contributed by atoms with Gasteiger partial charge in [-0.05, 0) is 37.7 Å². The van der Waals surface area contributed by atoms with E-state index in [0.717, 1.165) is 30.2 Å². The van der Waals surface area contributed by atoms with Crippen LogP contribution in [0.4, 0.5) is 0 Å². The molecule has 2 heterocycles. The van der Waals surface area contributed by atoms with E-state index in [4.69, 9.17) is 9.15 Å². The average Bonchev–Trinajstić information content (AvgIpc) is 2.39. The zero-order chi connectivity index (χ0) is 12.1. The molecule has 1 saturated carbocycles. The van der Waals surface area contributed by atoms with Crippen LogP contribution < -0.4 is 10.4 Å². The highest BCUT2D eigenvalue weighted by Crippen LogP contribution is 2.45. The van der Waals surface area contributed by atoms with Crippen molar-refractivity contribution < 1.29 is 9.15 Å². The molecule has 0 amide bonds. The lowest BCUT2D eigenvalue weighted by Gasteiger charge is -2.36. The van der Waals surface area contributed by atoms with Crippen LogP contribution in [0.2, 0.25) is 0 Å². The van der Waals surface area contributed by atoms with E-state index in [1.165, 1.54) is 6.42 Å². The molecule has 3 heteroatoms. The van der Waals surface area contributed by atoms with E-state index in [9.17, 15) is 4.79 Å². The SMILES string of the molecule is O=c1oc2ccccc2c2c1OC1CCCC2C1. The average molecular weight is 242 g/mol. The van der Waals surface area contributed by atoms with Crippen LogP contribution in [0.1, 0.15) is 37.2 Å². The number of hydrogen-bond acceptors (Lipinski definition) is 3. The molecule has 0 saturated heterocycles. The summed E-state index contributed by atoms with van der Waals surface area (Å²) < 4.78 is 11.2. The molecule has 18 heavy (non-hydrogen) atoms. The third-order valence-corrected chi connectivity index (χ3v) is 4.13. The molecule has 2 unspecified atom stereocenters. The quantitative estimate of drug-likeness (QED) is 0.666. The largest absolute Gasteiger partial charge is 0.483 e. The Balaban J connectivity index is 2.07. The Hall–Kier alpha value is -1.77. The molecule has 1 fully saturated rings. The monoisotopic (exact) mass is 242 g/mol. The van der Waals surface area contributed by atoms with Crippen molar-refractivity contribution in [2.75, 3.05) is 0 Å². The van der Waals surface area contributed by atoms with Crippen LogP contribution in [-0.4, -0.2) is 6.10 Å². The summed E-state index contributed by atoms with van der Waals surface area (Å²) in [7, 11) is 0. The summed E-state index contributed by atoms with van der Waals surface area (Å²) in [6.07, 6.45) is 4.65. The fraction of sp³-hybridized carbons (Fsp3) is 0.400. The van der Waals surface area contributed by atoms with Gasteiger partial charge in [0.25, 0.3) is 0 Å². The van der Waals surface area contributed by atoms with Gasteiger partial charge in [-0.15, -0.1) is 0 Å². The third kappa shape index (κ3) is 1.33. The van der Waals surface area contributed by atoms with Gasteiger partial charge in [0.05, 0.1) is 6.10 Å². The Morgan fingerprint density at radius 1 is 1.17 bits per heavy atom. The number of benzene rings is 1. The molecule has 0 radical (unpaired) electrons. The molecule has 92 valence electrons. The molecular weight excluding hydrogens is 228 g/mol. The molecule has 0 N–H and O–H groups in total. The second-order valence-corrected chi connectivity index (χ2v) is 5.23. The maximum atomic E-state index is 12.0. The minimum absolute atomic E-state index is 0.209. The molecule has 0 spiro atoms. The van der Waals surface area contributed by atoms with Gasteiger partial charge in [-0.3, -0.25) is 0 Å². The molecule has 1 aliphatic carbocycles. The Morgan fingerprint density at radius 3 is 3.00 bits per heavy atom. The Bertz CT molecular complexity index is 671. The van der Waals surface area contributed by atoms with Crippen molar-refractivity contribution >= 4 is 11.0 Å². The molecule has 1 aromatic carbocycles. The Labute approximate surface area is 104 Å². The standard InChI is InChI=1S/C15H14O3/c16-15-14-13(9-4-3-5-10(8-9)17-14)11-6-1-2-7-12(11)18-15/h1-2,6-7,9-10H,3-5,8H2. The number of fused-ring (bicyclic) bond motifs is 6. The first-order valence-corrected chi connectivity index (χ1v) is 6.55. The zero-order valence-electron chi connectivity index (χ0n) is 10.0. The van der Waals surface area contributed by atoms with Gasteiger partial charge in [-0.25, -0.2) is 4.79 Å². The molecule has 3 nitrogen and oxygen atoms in total. The summed E-state index contributed by atoms with van der Waals surface area (Å²) in [4.78, 5) is 12.0. The van der Waals surface area contributed by atoms with Gasteiger partial charge in [0, 0.05) is 10.9 Å². The second kappa shape index (κ2) is 3.61. The molecule has 2 aliphatic rings. The third-order valence-electron chi connectivity index (χ3n) is 4.13. The molecule has 1 aromatic heterocycles. The Morgan fingerprint density at radius 2 is 2.06 bits per heavy atom. The topological polar surface area (TPSA) is 39.4 Å². The Kier molecular flexibility index (Phi) is 2.04. The van der Waals surface area contributed by atoms with Gasteiger partial charge in [0.15, 0.2) is 0 Å².